The van der Waals surface area contributed by atoms with Gasteiger partial charge in [0, 0.05) is 18.8 Å². The third-order valence-electron chi connectivity index (χ3n) is 5.26. The van der Waals surface area contributed by atoms with Crippen LogP contribution < -0.4 is 5.32 Å². The van der Waals surface area contributed by atoms with Gasteiger partial charge in [0.2, 0.25) is 10.0 Å². The van der Waals surface area contributed by atoms with Crippen molar-refractivity contribution in [3.8, 4) is 0 Å². The van der Waals surface area contributed by atoms with Gasteiger partial charge in [0.1, 0.15) is 5.82 Å². The molecule has 0 amide bonds. The lowest BCUT2D eigenvalue weighted by Crippen LogP contribution is -2.38. The molecule has 0 radical (unpaired) electrons. The smallest absolute Gasteiger partial charge is 0.243 e. The zero-order valence-electron chi connectivity index (χ0n) is 16.4. The molecule has 27 heavy (non-hydrogen) atoms. The lowest BCUT2D eigenvalue weighted by atomic mass is 9.99. The molecule has 146 valence electrons. The summed E-state index contributed by atoms with van der Waals surface area (Å²) in [5.74, 6) is 0.830. The molecule has 1 aromatic heterocycles. The van der Waals surface area contributed by atoms with Gasteiger partial charge in [0.15, 0.2) is 0 Å². The molecular formula is C21H29N3O2S. The van der Waals surface area contributed by atoms with Crippen molar-refractivity contribution >= 4 is 15.8 Å². The van der Waals surface area contributed by atoms with E-state index in [1.807, 2.05) is 37.4 Å². The first-order valence-corrected chi connectivity index (χ1v) is 11.2. The van der Waals surface area contributed by atoms with Crippen LogP contribution in [0, 0.1) is 6.92 Å². The molecule has 6 heteroatoms. The number of aryl methyl sites for hydroxylation is 1. The summed E-state index contributed by atoms with van der Waals surface area (Å²) in [4.78, 5) is 4.87. The second-order valence-corrected chi connectivity index (χ2v) is 9.26. The maximum absolute atomic E-state index is 13.2. The van der Waals surface area contributed by atoms with Crippen LogP contribution in [0.3, 0.4) is 0 Å². The van der Waals surface area contributed by atoms with Crippen molar-refractivity contribution < 1.29 is 8.42 Å². The predicted molar refractivity (Wildman–Crippen MR) is 109 cm³/mol. The first kappa shape index (κ1) is 19.8. The van der Waals surface area contributed by atoms with E-state index in [1.54, 1.807) is 16.4 Å². The molecule has 1 saturated heterocycles. The Morgan fingerprint density at radius 2 is 1.93 bits per heavy atom. The number of hydrogen-bond donors (Lipinski definition) is 1. The molecule has 2 atom stereocenters. The fourth-order valence-electron chi connectivity index (χ4n) is 3.41. The van der Waals surface area contributed by atoms with Crippen molar-refractivity contribution in [3.63, 3.8) is 0 Å². The number of nitrogens with one attached hydrogen (secondary N) is 1. The van der Waals surface area contributed by atoms with Crippen molar-refractivity contribution in [1.82, 2.24) is 9.29 Å². The molecule has 1 N–H and O–H groups in total. The van der Waals surface area contributed by atoms with E-state index in [0.29, 0.717) is 17.5 Å². The highest BCUT2D eigenvalue weighted by Gasteiger charge is 2.34. The van der Waals surface area contributed by atoms with E-state index in [1.165, 1.54) is 0 Å². The number of sulfonamides is 1. The van der Waals surface area contributed by atoms with E-state index in [-0.39, 0.29) is 6.04 Å². The number of piperidine rings is 1. The zero-order chi connectivity index (χ0) is 19.4. The van der Waals surface area contributed by atoms with Crippen molar-refractivity contribution in [3.05, 3.63) is 53.7 Å². The topological polar surface area (TPSA) is 62.3 Å². The van der Waals surface area contributed by atoms with Crippen molar-refractivity contribution in [2.45, 2.75) is 63.4 Å². The third kappa shape index (κ3) is 4.50. The van der Waals surface area contributed by atoms with Crippen LogP contribution in [0.1, 0.15) is 56.7 Å². The maximum Gasteiger partial charge on any atom is 0.243 e. The van der Waals surface area contributed by atoms with E-state index in [2.05, 4.69) is 24.1 Å². The Labute approximate surface area is 162 Å². The first-order chi connectivity index (χ1) is 12.9. The highest BCUT2D eigenvalue weighted by Crippen LogP contribution is 2.35. The van der Waals surface area contributed by atoms with Gasteiger partial charge < -0.3 is 5.32 Å². The molecule has 0 spiro atoms. The highest BCUT2D eigenvalue weighted by molar-refractivity contribution is 7.89. The zero-order valence-corrected chi connectivity index (χ0v) is 17.2. The van der Waals surface area contributed by atoms with Gasteiger partial charge in [0.05, 0.1) is 10.9 Å². The number of benzene rings is 1. The second-order valence-electron chi connectivity index (χ2n) is 7.37. The molecule has 2 unspecified atom stereocenters. The number of aromatic nitrogens is 1. The predicted octanol–water partition coefficient (Wildman–Crippen LogP) is 4.52. The summed E-state index contributed by atoms with van der Waals surface area (Å²) in [6.45, 7) is 6.75. The molecule has 3 rings (SSSR count). The Balaban J connectivity index is 1.86. The van der Waals surface area contributed by atoms with E-state index in [9.17, 15) is 8.42 Å². The normalized spacial score (nSPS) is 19.6. The van der Waals surface area contributed by atoms with Crippen LogP contribution in [0.2, 0.25) is 0 Å². The van der Waals surface area contributed by atoms with Crippen LogP contribution in [0.4, 0.5) is 5.82 Å². The number of rotatable bonds is 6. The largest absolute Gasteiger partial charge is 0.368 e. The quantitative estimate of drug-likeness (QED) is 0.792. The van der Waals surface area contributed by atoms with Crippen LogP contribution >= 0.6 is 0 Å². The Kier molecular flexibility index (Phi) is 6.17. The summed E-state index contributed by atoms with van der Waals surface area (Å²) < 4.78 is 28.1. The molecule has 2 heterocycles. The molecule has 1 aliphatic rings. The summed E-state index contributed by atoms with van der Waals surface area (Å²) in [7, 11) is -3.52. The first-order valence-electron chi connectivity index (χ1n) is 9.73. The minimum Gasteiger partial charge on any atom is -0.368 e. The highest BCUT2D eigenvalue weighted by atomic mass is 32.2. The lowest BCUT2D eigenvalue weighted by Gasteiger charge is -2.35. The SMILES string of the molecule is CCC(C)Nc1ccc(C2CCCCN2S(=O)(=O)c2ccc(C)cc2)cn1. The van der Waals surface area contributed by atoms with E-state index < -0.39 is 10.0 Å². The van der Waals surface area contributed by atoms with Gasteiger partial charge in [-0.3, -0.25) is 0 Å². The number of anilines is 1. The van der Waals surface area contributed by atoms with Crippen LogP contribution in [-0.2, 0) is 10.0 Å². The standard InChI is InChI=1S/C21H29N3O2S/c1-4-17(3)23-21-13-10-18(15-22-21)20-7-5-6-14-24(20)27(25,26)19-11-8-16(2)9-12-19/h8-13,15,17,20H,4-7,14H2,1-3H3,(H,22,23). The third-order valence-corrected chi connectivity index (χ3v) is 7.18. The fourth-order valence-corrected chi connectivity index (χ4v) is 5.10. The molecule has 5 nitrogen and oxygen atoms in total. The van der Waals surface area contributed by atoms with Gasteiger partial charge in [-0.2, -0.15) is 4.31 Å². The average molecular weight is 388 g/mol. The van der Waals surface area contributed by atoms with Gasteiger partial charge >= 0.3 is 0 Å². The monoisotopic (exact) mass is 387 g/mol. The molecule has 2 aromatic rings. The maximum atomic E-state index is 13.2. The summed E-state index contributed by atoms with van der Waals surface area (Å²) >= 11 is 0. The number of hydrogen-bond acceptors (Lipinski definition) is 4. The Morgan fingerprint density at radius 1 is 1.19 bits per heavy atom. The second kappa shape index (κ2) is 8.40. The summed E-state index contributed by atoms with van der Waals surface area (Å²) in [5, 5.41) is 3.35. The molecule has 1 aromatic carbocycles. The lowest BCUT2D eigenvalue weighted by molar-refractivity contribution is 0.255. The molecule has 1 fully saturated rings. The van der Waals surface area contributed by atoms with Gasteiger partial charge in [0.25, 0.3) is 0 Å². The molecule has 0 saturated carbocycles. The summed E-state index contributed by atoms with van der Waals surface area (Å²) in [5.41, 5.74) is 2.01. The van der Waals surface area contributed by atoms with Gasteiger partial charge in [-0.15, -0.1) is 0 Å². The Bertz CT molecular complexity index is 848. The van der Waals surface area contributed by atoms with Crippen LogP contribution in [0.5, 0.6) is 0 Å². The minimum atomic E-state index is -3.52. The van der Waals surface area contributed by atoms with Crippen molar-refractivity contribution in [2.75, 3.05) is 11.9 Å². The molecule has 0 aliphatic carbocycles. The fraction of sp³-hybridized carbons (Fsp3) is 0.476. The number of nitrogens with zero attached hydrogens (tertiary/aromatic N) is 2. The van der Waals surface area contributed by atoms with E-state index in [4.69, 9.17) is 0 Å². The Morgan fingerprint density at radius 3 is 2.56 bits per heavy atom. The van der Waals surface area contributed by atoms with E-state index >= 15 is 0 Å². The van der Waals surface area contributed by atoms with Gasteiger partial charge in [-0.25, -0.2) is 13.4 Å². The van der Waals surface area contributed by atoms with Crippen molar-refractivity contribution in [2.24, 2.45) is 0 Å². The summed E-state index contributed by atoms with van der Waals surface area (Å²) in [6.07, 6.45) is 5.58. The molecule has 0 bridgehead atoms. The van der Waals surface area contributed by atoms with Crippen molar-refractivity contribution in [1.29, 1.82) is 0 Å². The Hall–Kier alpha value is -1.92. The van der Waals surface area contributed by atoms with Crippen LogP contribution in [0.15, 0.2) is 47.5 Å². The van der Waals surface area contributed by atoms with Crippen LogP contribution in [0.25, 0.3) is 0 Å². The van der Waals surface area contributed by atoms with Gasteiger partial charge in [-0.05, 0) is 56.9 Å². The molecular weight excluding hydrogens is 358 g/mol. The minimum absolute atomic E-state index is 0.157. The average Bonchev–Trinajstić information content (AvgIpc) is 2.69. The number of pyridine rings is 1. The van der Waals surface area contributed by atoms with E-state index in [0.717, 1.165) is 42.6 Å². The molecule has 1 aliphatic heterocycles. The van der Waals surface area contributed by atoms with Gasteiger partial charge in [-0.1, -0.05) is 37.1 Å². The van der Waals surface area contributed by atoms with Crippen LogP contribution in [-0.4, -0.2) is 30.3 Å². The summed E-state index contributed by atoms with van der Waals surface area (Å²) in [6, 6.07) is 11.3.